The summed E-state index contributed by atoms with van der Waals surface area (Å²) in [4.78, 5) is 0. The maximum Gasteiger partial charge on any atom is 0.0540 e. The normalized spacial score (nSPS) is 20.9. The minimum Gasteiger partial charge on any atom is -0.307 e. The third-order valence-electron chi connectivity index (χ3n) is 4.61. The van der Waals surface area contributed by atoms with E-state index < -0.39 is 0 Å². The van der Waals surface area contributed by atoms with Crippen molar-refractivity contribution in [3.05, 3.63) is 17.5 Å². The molecule has 2 atom stereocenters. The van der Waals surface area contributed by atoms with E-state index in [0.29, 0.717) is 12.1 Å². The molecule has 1 saturated carbocycles. The van der Waals surface area contributed by atoms with Crippen molar-refractivity contribution in [2.45, 2.75) is 65.0 Å². The number of hydrogen-bond acceptors (Lipinski definition) is 2. The van der Waals surface area contributed by atoms with Crippen molar-refractivity contribution in [2.75, 3.05) is 0 Å². The quantitative estimate of drug-likeness (QED) is 0.887. The Morgan fingerprint density at radius 2 is 1.94 bits per heavy atom. The molecule has 1 fully saturated rings. The van der Waals surface area contributed by atoms with Gasteiger partial charge in [-0.1, -0.05) is 19.3 Å². The van der Waals surface area contributed by atoms with E-state index in [0.717, 1.165) is 5.92 Å². The summed E-state index contributed by atoms with van der Waals surface area (Å²) in [7, 11) is 2.01. The van der Waals surface area contributed by atoms with Crippen molar-refractivity contribution in [3.63, 3.8) is 0 Å². The minimum atomic E-state index is 0.399. The molecule has 0 aromatic carbocycles. The molecule has 0 spiro atoms. The molecule has 1 aromatic heterocycles. The predicted octanol–water partition coefficient (Wildman–Crippen LogP) is 3.35. The van der Waals surface area contributed by atoms with Crippen LogP contribution in [0.25, 0.3) is 0 Å². The topological polar surface area (TPSA) is 29.9 Å². The van der Waals surface area contributed by atoms with Gasteiger partial charge in [-0.2, -0.15) is 5.10 Å². The zero-order valence-electron chi connectivity index (χ0n) is 12.2. The van der Waals surface area contributed by atoms with Gasteiger partial charge in [-0.3, -0.25) is 4.68 Å². The van der Waals surface area contributed by atoms with Crippen LogP contribution in [-0.2, 0) is 7.05 Å². The Morgan fingerprint density at radius 3 is 2.50 bits per heavy atom. The zero-order chi connectivity index (χ0) is 13.1. The Morgan fingerprint density at radius 1 is 1.28 bits per heavy atom. The molecule has 1 aromatic rings. The molecule has 2 rings (SSSR count). The van der Waals surface area contributed by atoms with Crippen LogP contribution >= 0.6 is 0 Å². The molecule has 0 aliphatic heterocycles. The fraction of sp³-hybridized carbons (Fsp3) is 0.800. The van der Waals surface area contributed by atoms with Gasteiger partial charge in [0.2, 0.25) is 0 Å². The summed E-state index contributed by atoms with van der Waals surface area (Å²) in [6.07, 6.45) is 9.05. The van der Waals surface area contributed by atoms with Crippen LogP contribution in [0.5, 0.6) is 0 Å². The molecule has 1 aliphatic rings. The van der Waals surface area contributed by atoms with E-state index in [1.807, 2.05) is 17.9 Å². The van der Waals surface area contributed by atoms with Gasteiger partial charge in [0, 0.05) is 30.4 Å². The third kappa shape index (κ3) is 2.94. The summed E-state index contributed by atoms with van der Waals surface area (Å²) in [5, 5.41) is 8.10. The SMILES string of the molecule is Cc1c(C(C)NC(C)C2CCCCC2)cnn1C. The molecule has 0 radical (unpaired) electrons. The van der Waals surface area contributed by atoms with Crippen LogP contribution in [0.4, 0.5) is 0 Å². The van der Waals surface area contributed by atoms with Crippen LogP contribution < -0.4 is 5.32 Å². The van der Waals surface area contributed by atoms with Crippen molar-refractivity contribution < 1.29 is 0 Å². The second kappa shape index (κ2) is 5.87. The Kier molecular flexibility index (Phi) is 4.44. The molecule has 1 N–H and O–H groups in total. The first-order chi connectivity index (χ1) is 8.59. The van der Waals surface area contributed by atoms with Crippen molar-refractivity contribution in [1.82, 2.24) is 15.1 Å². The van der Waals surface area contributed by atoms with Gasteiger partial charge in [-0.25, -0.2) is 0 Å². The van der Waals surface area contributed by atoms with Crippen molar-refractivity contribution >= 4 is 0 Å². The van der Waals surface area contributed by atoms with E-state index in [2.05, 4.69) is 31.2 Å². The van der Waals surface area contributed by atoms with Gasteiger partial charge in [0.15, 0.2) is 0 Å². The van der Waals surface area contributed by atoms with Crippen LogP contribution in [0.15, 0.2) is 6.20 Å². The van der Waals surface area contributed by atoms with Gasteiger partial charge in [-0.05, 0) is 39.5 Å². The van der Waals surface area contributed by atoms with Gasteiger partial charge < -0.3 is 5.32 Å². The monoisotopic (exact) mass is 249 g/mol. The van der Waals surface area contributed by atoms with Crippen LogP contribution in [0.3, 0.4) is 0 Å². The van der Waals surface area contributed by atoms with Crippen molar-refractivity contribution in [1.29, 1.82) is 0 Å². The van der Waals surface area contributed by atoms with Gasteiger partial charge in [0.1, 0.15) is 0 Å². The Hall–Kier alpha value is -0.830. The van der Waals surface area contributed by atoms with Crippen LogP contribution in [-0.4, -0.2) is 15.8 Å². The molecule has 0 amide bonds. The lowest BCUT2D eigenvalue weighted by Crippen LogP contribution is -2.36. The van der Waals surface area contributed by atoms with Gasteiger partial charge in [0.25, 0.3) is 0 Å². The average Bonchev–Trinajstić information content (AvgIpc) is 2.71. The molecule has 18 heavy (non-hydrogen) atoms. The van der Waals surface area contributed by atoms with Gasteiger partial charge >= 0.3 is 0 Å². The number of hydrogen-bond donors (Lipinski definition) is 1. The number of nitrogens with zero attached hydrogens (tertiary/aromatic N) is 2. The summed E-state index contributed by atoms with van der Waals surface area (Å²) >= 11 is 0. The average molecular weight is 249 g/mol. The van der Waals surface area contributed by atoms with E-state index in [4.69, 9.17) is 0 Å². The molecule has 102 valence electrons. The summed E-state index contributed by atoms with van der Waals surface area (Å²) in [5.74, 6) is 0.859. The Balaban J connectivity index is 1.94. The van der Waals surface area contributed by atoms with E-state index in [-0.39, 0.29) is 0 Å². The zero-order valence-corrected chi connectivity index (χ0v) is 12.2. The first-order valence-corrected chi connectivity index (χ1v) is 7.34. The van der Waals surface area contributed by atoms with Crippen LogP contribution in [0, 0.1) is 12.8 Å². The summed E-state index contributed by atoms with van der Waals surface area (Å²) in [6.45, 7) is 6.74. The lowest BCUT2D eigenvalue weighted by molar-refractivity contribution is 0.268. The highest BCUT2D eigenvalue weighted by atomic mass is 15.3. The fourth-order valence-electron chi connectivity index (χ4n) is 3.20. The lowest BCUT2D eigenvalue weighted by atomic mass is 9.84. The van der Waals surface area contributed by atoms with E-state index in [9.17, 15) is 0 Å². The number of nitrogens with one attached hydrogen (secondary N) is 1. The van der Waals surface area contributed by atoms with Crippen LogP contribution in [0.1, 0.15) is 63.3 Å². The predicted molar refractivity (Wildman–Crippen MR) is 75.5 cm³/mol. The van der Waals surface area contributed by atoms with Gasteiger partial charge in [0.05, 0.1) is 6.20 Å². The smallest absolute Gasteiger partial charge is 0.0540 e. The van der Waals surface area contributed by atoms with E-state index in [1.54, 1.807) is 0 Å². The largest absolute Gasteiger partial charge is 0.307 e. The molecule has 3 nitrogen and oxygen atoms in total. The molecule has 1 aliphatic carbocycles. The number of rotatable bonds is 4. The first-order valence-electron chi connectivity index (χ1n) is 7.34. The van der Waals surface area contributed by atoms with Crippen LogP contribution in [0.2, 0.25) is 0 Å². The van der Waals surface area contributed by atoms with Crippen molar-refractivity contribution in [2.24, 2.45) is 13.0 Å². The first kappa shape index (κ1) is 13.6. The molecule has 3 heteroatoms. The van der Waals surface area contributed by atoms with Gasteiger partial charge in [-0.15, -0.1) is 0 Å². The molecule has 1 heterocycles. The molecule has 2 unspecified atom stereocenters. The minimum absolute atomic E-state index is 0.399. The molecular formula is C15H27N3. The molecule has 0 bridgehead atoms. The fourth-order valence-corrected chi connectivity index (χ4v) is 3.20. The highest BCUT2D eigenvalue weighted by Gasteiger charge is 2.22. The Bertz CT molecular complexity index is 377. The second-order valence-corrected chi connectivity index (χ2v) is 5.88. The summed E-state index contributed by atoms with van der Waals surface area (Å²) in [6, 6.07) is 1.01. The number of aromatic nitrogens is 2. The summed E-state index contributed by atoms with van der Waals surface area (Å²) in [5.41, 5.74) is 2.60. The highest BCUT2D eigenvalue weighted by Crippen LogP contribution is 2.28. The Labute approximate surface area is 111 Å². The van der Waals surface area contributed by atoms with E-state index in [1.165, 1.54) is 43.4 Å². The molecule has 0 saturated heterocycles. The standard InChI is InChI=1S/C15H27N3/c1-11(14-8-6-5-7-9-14)17-12(2)15-10-16-18(4)13(15)3/h10-12,14,17H,5-9H2,1-4H3. The van der Waals surface area contributed by atoms with E-state index >= 15 is 0 Å². The second-order valence-electron chi connectivity index (χ2n) is 5.88. The van der Waals surface area contributed by atoms with Crippen molar-refractivity contribution in [3.8, 4) is 0 Å². The summed E-state index contributed by atoms with van der Waals surface area (Å²) < 4.78 is 1.96. The maximum atomic E-state index is 4.33. The maximum absolute atomic E-state index is 4.33. The lowest BCUT2D eigenvalue weighted by Gasteiger charge is -2.30. The molecular weight excluding hydrogens is 222 g/mol. The number of aryl methyl sites for hydroxylation is 1. The third-order valence-corrected chi connectivity index (χ3v) is 4.61. The highest BCUT2D eigenvalue weighted by molar-refractivity contribution is 5.19.